The number of carboxylic acids is 1. The molecule has 2 rings (SSSR count). The number of benzene rings is 2. The monoisotopic (exact) mass is 291 g/mol. The van der Waals surface area contributed by atoms with Crippen LogP contribution in [0.5, 0.6) is 11.5 Å². The number of carboxylic acid groups (broad SMARTS) is 1. The lowest BCUT2D eigenvalue weighted by molar-refractivity contribution is -0.385. The molecule has 6 nitrogen and oxygen atoms in total. The smallest absolute Gasteiger partial charge is 0.339 e. The lowest BCUT2D eigenvalue weighted by atomic mass is 10.2. The lowest BCUT2D eigenvalue weighted by Gasteiger charge is -2.10. The Labute approximate surface area is 118 Å². The van der Waals surface area contributed by atoms with Crippen molar-refractivity contribution in [3.05, 3.63) is 63.5 Å². The first-order chi connectivity index (χ1) is 9.90. The minimum absolute atomic E-state index is 0.215. The molecule has 108 valence electrons. The number of aryl methyl sites for hydroxylation is 1. The van der Waals surface area contributed by atoms with E-state index in [4.69, 9.17) is 9.84 Å². The number of halogens is 1. The van der Waals surface area contributed by atoms with Gasteiger partial charge in [0.1, 0.15) is 5.56 Å². The van der Waals surface area contributed by atoms with Crippen LogP contribution in [0.2, 0.25) is 0 Å². The SMILES string of the molecule is Cc1ccc([N+](=O)[O-])c(Oc2c(F)cccc2C(=O)O)c1. The molecule has 1 N–H and O–H groups in total. The second-order valence-corrected chi connectivity index (χ2v) is 4.25. The number of ether oxygens (including phenoxy) is 1. The van der Waals surface area contributed by atoms with Gasteiger partial charge in [0, 0.05) is 6.07 Å². The van der Waals surface area contributed by atoms with E-state index in [1.54, 1.807) is 6.92 Å². The molecule has 0 aliphatic rings. The van der Waals surface area contributed by atoms with Gasteiger partial charge in [-0.25, -0.2) is 9.18 Å². The van der Waals surface area contributed by atoms with Crippen molar-refractivity contribution in [2.24, 2.45) is 0 Å². The molecule has 0 saturated carbocycles. The predicted octanol–water partition coefficient (Wildman–Crippen LogP) is 3.53. The fraction of sp³-hybridized carbons (Fsp3) is 0.0714. The van der Waals surface area contributed by atoms with E-state index in [0.29, 0.717) is 5.56 Å². The molecule has 0 bridgehead atoms. The summed E-state index contributed by atoms with van der Waals surface area (Å²) in [6, 6.07) is 7.45. The van der Waals surface area contributed by atoms with Crippen molar-refractivity contribution < 1.29 is 24.0 Å². The quantitative estimate of drug-likeness (QED) is 0.687. The van der Waals surface area contributed by atoms with Crippen LogP contribution >= 0.6 is 0 Å². The number of aromatic carboxylic acids is 1. The number of hydrogen-bond donors (Lipinski definition) is 1. The molecule has 0 amide bonds. The molecule has 0 aliphatic carbocycles. The van der Waals surface area contributed by atoms with E-state index in [2.05, 4.69) is 0 Å². The van der Waals surface area contributed by atoms with E-state index in [9.17, 15) is 19.3 Å². The van der Waals surface area contributed by atoms with Gasteiger partial charge in [-0.15, -0.1) is 0 Å². The normalized spacial score (nSPS) is 10.2. The predicted molar refractivity (Wildman–Crippen MR) is 71.3 cm³/mol. The van der Waals surface area contributed by atoms with Crippen LogP contribution in [0.4, 0.5) is 10.1 Å². The average Bonchev–Trinajstić information content (AvgIpc) is 2.40. The van der Waals surface area contributed by atoms with Gasteiger partial charge in [0.05, 0.1) is 4.92 Å². The second-order valence-electron chi connectivity index (χ2n) is 4.25. The van der Waals surface area contributed by atoms with Gasteiger partial charge >= 0.3 is 11.7 Å². The molecule has 0 fully saturated rings. The summed E-state index contributed by atoms with van der Waals surface area (Å²) in [5, 5.41) is 20.0. The summed E-state index contributed by atoms with van der Waals surface area (Å²) in [5.41, 5.74) is -0.130. The third kappa shape index (κ3) is 2.97. The minimum atomic E-state index is -1.39. The molecule has 0 aliphatic heterocycles. The van der Waals surface area contributed by atoms with Crippen LogP contribution in [0, 0.1) is 22.9 Å². The summed E-state index contributed by atoms with van der Waals surface area (Å²) < 4.78 is 18.9. The molecule has 0 saturated heterocycles. The standard InChI is InChI=1S/C14H10FNO5/c1-8-5-6-11(16(19)20)12(7-8)21-13-9(14(17)18)3-2-4-10(13)15/h2-7H,1H3,(H,17,18). The Morgan fingerprint density at radius 2 is 2.05 bits per heavy atom. The van der Waals surface area contributed by atoms with Gasteiger partial charge in [-0.2, -0.15) is 0 Å². The van der Waals surface area contributed by atoms with E-state index < -0.39 is 28.0 Å². The Morgan fingerprint density at radius 3 is 2.67 bits per heavy atom. The highest BCUT2D eigenvalue weighted by molar-refractivity contribution is 5.91. The van der Waals surface area contributed by atoms with Gasteiger partial charge < -0.3 is 9.84 Å². The Bertz CT molecular complexity index is 729. The molecule has 7 heteroatoms. The fourth-order valence-corrected chi connectivity index (χ4v) is 1.74. The van der Waals surface area contributed by atoms with Crippen molar-refractivity contribution in [3.8, 4) is 11.5 Å². The van der Waals surface area contributed by atoms with E-state index >= 15 is 0 Å². The van der Waals surface area contributed by atoms with Crippen molar-refractivity contribution in [2.45, 2.75) is 6.92 Å². The Morgan fingerprint density at radius 1 is 1.33 bits per heavy atom. The average molecular weight is 291 g/mol. The van der Waals surface area contributed by atoms with Crippen LogP contribution in [0.15, 0.2) is 36.4 Å². The van der Waals surface area contributed by atoms with Gasteiger partial charge in [0.2, 0.25) is 5.75 Å². The van der Waals surface area contributed by atoms with E-state index in [0.717, 1.165) is 12.1 Å². The van der Waals surface area contributed by atoms with Gasteiger partial charge in [-0.3, -0.25) is 10.1 Å². The van der Waals surface area contributed by atoms with Crippen LogP contribution in [-0.4, -0.2) is 16.0 Å². The summed E-state index contributed by atoms with van der Waals surface area (Å²) in [7, 11) is 0. The number of rotatable bonds is 4. The Hall–Kier alpha value is -2.96. The molecule has 0 heterocycles. The zero-order valence-corrected chi connectivity index (χ0v) is 10.9. The molecule has 2 aromatic carbocycles. The van der Waals surface area contributed by atoms with Crippen molar-refractivity contribution in [2.75, 3.05) is 0 Å². The maximum Gasteiger partial charge on any atom is 0.339 e. The maximum atomic E-state index is 13.8. The first kappa shape index (κ1) is 14.4. The topological polar surface area (TPSA) is 89.7 Å². The van der Waals surface area contributed by atoms with Crippen LogP contribution in [-0.2, 0) is 0 Å². The molecule has 0 radical (unpaired) electrons. The van der Waals surface area contributed by atoms with E-state index in [-0.39, 0.29) is 11.4 Å². The van der Waals surface area contributed by atoms with E-state index in [1.165, 1.54) is 24.3 Å². The number of carbonyl (C=O) groups is 1. The number of para-hydroxylation sites is 1. The summed E-state index contributed by atoms with van der Waals surface area (Å²) in [6.45, 7) is 1.68. The van der Waals surface area contributed by atoms with Gasteiger partial charge in [-0.1, -0.05) is 12.1 Å². The van der Waals surface area contributed by atoms with Crippen LogP contribution in [0.1, 0.15) is 15.9 Å². The van der Waals surface area contributed by atoms with Gasteiger partial charge in [-0.05, 0) is 30.7 Å². The van der Waals surface area contributed by atoms with Crippen molar-refractivity contribution in [1.82, 2.24) is 0 Å². The van der Waals surface area contributed by atoms with Gasteiger partial charge in [0.15, 0.2) is 11.6 Å². The van der Waals surface area contributed by atoms with Crippen molar-refractivity contribution in [3.63, 3.8) is 0 Å². The minimum Gasteiger partial charge on any atom is -0.478 e. The molecule has 0 atom stereocenters. The molecular weight excluding hydrogens is 281 g/mol. The zero-order chi connectivity index (χ0) is 15.6. The molecule has 2 aromatic rings. The summed E-state index contributed by atoms with van der Waals surface area (Å²) in [4.78, 5) is 21.3. The third-order valence-electron chi connectivity index (χ3n) is 2.72. The summed E-state index contributed by atoms with van der Waals surface area (Å²) in [5.74, 6) is -3.07. The van der Waals surface area contributed by atoms with Gasteiger partial charge in [0.25, 0.3) is 0 Å². The maximum absolute atomic E-state index is 13.8. The highest BCUT2D eigenvalue weighted by Gasteiger charge is 2.21. The van der Waals surface area contributed by atoms with Crippen LogP contribution < -0.4 is 4.74 Å². The largest absolute Gasteiger partial charge is 0.478 e. The van der Waals surface area contributed by atoms with Crippen molar-refractivity contribution >= 4 is 11.7 Å². The molecular formula is C14H10FNO5. The lowest BCUT2D eigenvalue weighted by Crippen LogP contribution is -2.03. The third-order valence-corrected chi connectivity index (χ3v) is 2.72. The Balaban J connectivity index is 2.55. The molecule has 0 unspecified atom stereocenters. The molecule has 0 spiro atoms. The van der Waals surface area contributed by atoms with Crippen LogP contribution in [0.25, 0.3) is 0 Å². The molecule has 21 heavy (non-hydrogen) atoms. The first-order valence-electron chi connectivity index (χ1n) is 5.85. The summed E-state index contributed by atoms with van der Waals surface area (Å²) >= 11 is 0. The number of nitro groups is 1. The number of hydrogen-bond acceptors (Lipinski definition) is 4. The number of nitro benzene ring substituents is 1. The van der Waals surface area contributed by atoms with Crippen LogP contribution in [0.3, 0.4) is 0 Å². The highest BCUT2D eigenvalue weighted by atomic mass is 19.1. The molecule has 0 aromatic heterocycles. The second kappa shape index (κ2) is 5.58. The van der Waals surface area contributed by atoms with Crippen molar-refractivity contribution in [1.29, 1.82) is 0 Å². The number of nitrogens with zero attached hydrogens (tertiary/aromatic N) is 1. The first-order valence-corrected chi connectivity index (χ1v) is 5.85. The summed E-state index contributed by atoms with van der Waals surface area (Å²) in [6.07, 6.45) is 0. The Kier molecular flexibility index (Phi) is 3.84. The zero-order valence-electron chi connectivity index (χ0n) is 10.9. The highest BCUT2D eigenvalue weighted by Crippen LogP contribution is 2.35. The fourth-order valence-electron chi connectivity index (χ4n) is 1.74. The van der Waals surface area contributed by atoms with E-state index in [1.807, 2.05) is 0 Å².